The first-order chi connectivity index (χ1) is 11.5. The monoisotopic (exact) mass is 371 g/mol. The summed E-state index contributed by atoms with van der Waals surface area (Å²) in [5, 5.41) is 8.01. The molecule has 1 aromatic carbocycles. The van der Waals surface area contributed by atoms with Gasteiger partial charge in [-0.25, -0.2) is 0 Å². The Morgan fingerprint density at radius 1 is 1.44 bits per heavy atom. The molecular weight excluding hydrogens is 355 g/mol. The van der Waals surface area contributed by atoms with Crippen LogP contribution in [0.4, 0.5) is 13.2 Å². The molecule has 1 fully saturated rings. The molecule has 0 aliphatic heterocycles. The molecule has 3 atom stereocenters. The Labute approximate surface area is 149 Å². The average molecular weight is 372 g/mol. The van der Waals surface area contributed by atoms with Crippen LogP contribution in [-0.4, -0.2) is 12.1 Å². The average Bonchev–Trinajstić information content (AvgIpc) is 3.04. The Hall–Kier alpha value is -2.00. The molecule has 0 spiro atoms. The lowest BCUT2D eigenvalue weighted by Crippen LogP contribution is -2.14. The maximum Gasteiger partial charge on any atom is 0.426 e. The number of esters is 1. The van der Waals surface area contributed by atoms with Gasteiger partial charge >= 0.3 is 12.1 Å². The lowest BCUT2D eigenvalue weighted by Gasteiger charge is -2.12. The minimum atomic E-state index is -4.65. The van der Waals surface area contributed by atoms with Gasteiger partial charge in [0, 0.05) is 5.56 Å². The van der Waals surface area contributed by atoms with Crippen molar-refractivity contribution in [3.63, 3.8) is 0 Å². The van der Waals surface area contributed by atoms with Gasteiger partial charge in [0.05, 0.1) is 5.92 Å². The molecule has 0 amide bonds. The number of allylic oxidation sites excluding steroid dienone is 2. The molecule has 134 valence electrons. The molecule has 1 aliphatic carbocycles. The van der Waals surface area contributed by atoms with Gasteiger partial charge in [-0.15, -0.1) is 0 Å². The van der Waals surface area contributed by atoms with Crippen molar-refractivity contribution in [2.45, 2.75) is 33.1 Å². The van der Waals surface area contributed by atoms with Crippen LogP contribution in [0, 0.1) is 35.5 Å². The number of benzene rings is 1. The van der Waals surface area contributed by atoms with E-state index in [0.717, 1.165) is 11.6 Å². The van der Waals surface area contributed by atoms with Crippen LogP contribution in [0.1, 0.15) is 31.1 Å². The van der Waals surface area contributed by atoms with Crippen molar-refractivity contribution in [3.05, 3.63) is 46.5 Å². The first kappa shape index (κ1) is 19.3. The highest BCUT2D eigenvalue weighted by atomic mass is 35.5. The summed E-state index contributed by atoms with van der Waals surface area (Å²) < 4.78 is 43.0. The SMILES string of the molecule is Cc1cccc(C(C#N)OC(=O)C2C(C=C(Cl)C(F)(F)F)C2(C)C)c1. The minimum Gasteiger partial charge on any atom is -0.442 e. The summed E-state index contributed by atoms with van der Waals surface area (Å²) in [6.45, 7) is 5.16. The summed E-state index contributed by atoms with van der Waals surface area (Å²) in [5.41, 5.74) is 0.711. The lowest BCUT2D eigenvalue weighted by molar-refractivity contribution is -0.149. The normalized spacial score (nSPS) is 23.5. The number of ether oxygens (including phenoxy) is 1. The van der Waals surface area contributed by atoms with Gasteiger partial charge in [0.1, 0.15) is 11.1 Å². The Kier molecular flexibility index (Phi) is 5.19. The largest absolute Gasteiger partial charge is 0.442 e. The third-order valence-corrected chi connectivity index (χ3v) is 4.80. The van der Waals surface area contributed by atoms with Crippen LogP contribution >= 0.6 is 11.6 Å². The summed E-state index contributed by atoms with van der Waals surface area (Å²) in [6, 6.07) is 8.85. The molecule has 0 N–H and O–H groups in total. The molecule has 0 aromatic heterocycles. The topological polar surface area (TPSA) is 50.1 Å². The zero-order valence-corrected chi connectivity index (χ0v) is 14.7. The van der Waals surface area contributed by atoms with Gasteiger partial charge in [0.25, 0.3) is 0 Å². The van der Waals surface area contributed by atoms with E-state index in [1.54, 1.807) is 32.0 Å². The molecular formula is C18H17ClF3NO2. The highest BCUT2D eigenvalue weighted by molar-refractivity contribution is 6.30. The Morgan fingerprint density at radius 2 is 2.08 bits per heavy atom. The second-order valence-electron chi connectivity index (χ2n) is 6.70. The highest BCUT2D eigenvalue weighted by Crippen LogP contribution is 2.60. The minimum absolute atomic E-state index is 0.523. The van der Waals surface area contributed by atoms with Crippen molar-refractivity contribution in [2.24, 2.45) is 17.3 Å². The first-order valence-corrected chi connectivity index (χ1v) is 7.97. The molecule has 1 aliphatic rings. The van der Waals surface area contributed by atoms with Crippen LogP contribution in [0.2, 0.25) is 0 Å². The second-order valence-corrected chi connectivity index (χ2v) is 7.10. The van der Waals surface area contributed by atoms with Gasteiger partial charge in [-0.05, 0) is 18.3 Å². The highest BCUT2D eigenvalue weighted by Gasteiger charge is 2.62. The van der Waals surface area contributed by atoms with Crippen molar-refractivity contribution in [3.8, 4) is 6.07 Å². The predicted octanol–water partition coefficient (Wildman–Crippen LogP) is 5.06. The molecule has 0 heterocycles. The fraction of sp³-hybridized carbons (Fsp3) is 0.444. The molecule has 1 aromatic rings. The van der Waals surface area contributed by atoms with E-state index in [4.69, 9.17) is 16.3 Å². The van der Waals surface area contributed by atoms with E-state index in [2.05, 4.69) is 0 Å². The Balaban J connectivity index is 2.14. The molecule has 0 bridgehead atoms. The Morgan fingerprint density at radius 3 is 2.60 bits per heavy atom. The van der Waals surface area contributed by atoms with Gasteiger partial charge in [-0.3, -0.25) is 4.79 Å². The summed E-state index contributed by atoms with van der Waals surface area (Å²) in [5.74, 6) is -2.17. The van der Waals surface area contributed by atoms with Gasteiger partial charge < -0.3 is 4.74 Å². The number of hydrogen-bond acceptors (Lipinski definition) is 3. The summed E-state index contributed by atoms with van der Waals surface area (Å²) in [4.78, 5) is 12.4. The lowest BCUT2D eigenvalue weighted by atomic mass is 10.1. The predicted molar refractivity (Wildman–Crippen MR) is 86.4 cm³/mol. The van der Waals surface area contributed by atoms with Crippen LogP contribution in [0.3, 0.4) is 0 Å². The number of hydrogen-bond donors (Lipinski definition) is 0. The van der Waals surface area contributed by atoms with E-state index in [1.165, 1.54) is 0 Å². The van der Waals surface area contributed by atoms with Crippen molar-refractivity contribution in [1.82, 2.24) is 0 Å². The van der Waals surface area contributed by atoms with Gasteiger partial charge in [-0.1, -0.05) is 61.4 Å². The summed E-state index contributed by atoms with van der Waals surface area (Å²) in [7, 11) is 0. The maximum atomic E-state index is 12.6. The van der Waals surface area contributed by atoms with Crippen molar-refractivity contribution >= 4 is 17.6 Å². The van der Waals surface area contributed by atoms with E-state index < -0.39 is 40.5 Å². The number of nitriles is 1. The van der Waals surface area contributed by atoms with E-state index >= 15 is 0 Å². The molecule has 2 rings (SSSR count). The van der Waals surface area contributed by atoms with Crippen molar-refractivity contribution in [2.75, 3.05) is 0 Å². The number of rotatable bonds is 4. The summed E-state index contributed by atoms with van der Waals surface area (Å²) >= 11 is 5.27. The third-order valence-electron chi connectivity index (χ3n) is 4.46. The van der Waals surface area contributed by atoms with E-state index in [-0.39, 0.29) is 0 Å². The first-order valence-electron chi connectivity index (χ1n) is 7.59. The second kappa shape index (κ2) is 6.72. The van der Waals surface area contributed by atoms with Crippen LogP contribution in [0.25, 0.3) is 0 Å². The molecule has 0 radical (unpaired) electrons. The number of halogens is 4. The molecule has 25 heavy (non-hydrogen) atoms. The van der Waals surface area contributed by atoms with Crippen LogP contribution in [-0.2, 0) is 9.53 Å². The molecule has 0 saturated heterocycles. The molecule has 3 nitrogen and oxygen atoms in total. The zero-order valence-electron chi connectivity index (χ0n) is 13.9. The van der Waals surface area contributed by atoms with Crippen LogP contribution in [0.5, 0.6) is 0 Å². The smallest absolute Gasteiger partial charge is 0.426 e. The molecule has 7 heteroatoms. The van der Waals surface area contributed by atoms with Gasteiger partial charge in [0.15, 0.2) is 0 Å². The molecule has 3 unspecified atom stereocenters. The maximum absolute atomic E-state index is 12.6. The third kappa shape index (κ3) is 4.16. The Bertz CT molecular complexity index is 749. The number of nitrogens with zero attached hydrogens (tertiary/aromatic N) is 1. The fourth-order valence-electron chi connectivity index (χ4n) is 2.88. The van der Waals surface area contributed by atoms with E-state index in [0.29, 0.717) is 5.56 Å². The van der Waals surface area contributed by atoms with Gasteiger partial charge in [0.2, 0.25) is 6.10 Å². The van der Waals surface area contributed by atoms with Gasteiger partial charge in [-0.2, -0.15) is 18.4 Å². The standard InChI is InChI=1S/C18H17ClF3NO2/c1-10-5-4-6-11(7-10)13(9-23)25-16(24)15-12(17(15,2)3)8-14(19)18(20,21)22/h4-8,12-13,15H,1-3H3. The molecule has 1 saturated carbocycles. The number of aryl methyl sites for hydroxylation is 1. The van der Waals surface area contributed by atoms with E-state index in [1.807, 2.05) is 19.1 Å². The van der Waals surface area contributed by atoms with Crippen LogP contribution in [0.15, 0.2) is 35.4 Å². The number of carbonyl (C=O) groups is 1. The summed E-state index contributed by atoms with van der Waals surface area (Å²) in [6.07, 6.45) is -4.90. The van der Waals surface area contributed by atoms with Crippen molar-refractivity contribution < 1.29 is 22.7 Å². The van der Waals surface area contributed by atoms with Crippen molar-refractivity contribution in [1.29, 1.82) is 5.26 Å². The quantitative estimate of drug-likeness (QED) is 0.695. The van der Waals surface area contributed by atoms with E-state index in [9.17, 15) is 23.2 Å². The number of carbonyl (C=O) groups excluding carboxylic acids is 1. The number of alkyl halides is 3. The van der Waals surface area contributed by atoms with Crippen LogP contribution < -0.4 is 0 Å². The fourth-order valence-corrected chi connectivity index (χ4v) is 3.02. The zero-order chi connectivity index (χ0) is 19.0.